The van der Waals surface area contributed by atoms with Crippen LogP contribution in [0.4, 0.5) is 0 Å². The Morgan fingerprint density at radius 2 is 1.75 bits per heavy atom. The van der Waals surface area contributed by atoms with Crippen molar-refractivity contribution in [1.29, 1.82) is 0 Å². The predicted molar refractivity (Wildman–Crippen MR) is 108 cm³/mol. The lowest BCUT2D eigenvalue weighted by Gasteiger charge is -2.34. The molecule has 0 bridgehead atoms. The largest absolute Gasteiger partial charge is 0.484 e. The molecule has 1 saturated heterocycles. The van der Waals surface area contributed by atoms with Crippen molar-refractivity contribution in [3.05, 3.63) is 59.1 Å². The first-order valence-electron chi connectivity index (χ1n) is 9.16. The van der Waals surface area contributed by atoms with Crippen molar-refractivity contribution in [2.24, 2.45) is 0 Å². The van der Waals surface area contributed by atoms with Gasteiger partial charge >= 0.3 is 0 Å². The molecule has 8 heteroatoms. The second kappa shape index (κ2) is 8.94. The lowest BCUT2D eigenvalue weighted by molar-refractivity contribution is -0.134. The molecular formula is C20H23ClN2O4S. The van der Waals surface area contributed by atoms with E-state index in [9.17, 15) is 13.2 Å². The van der Waals surface area contributed by atoms with E-state index in [1.54, 1.807) is 47.4 Å². The molecule has 1 heterocycles. The van der Waals surface area contributed by atoms with Crippen LogP contribution in [0, 0.1) is 0 Å². The van der Waals surface area contributed by atoms with Crippen molar-refractivity contribution < 1.29 is 17.9 Å². The fourth-order valence-electron chi connectivity index (χ4n) is 3.07. The lowest BCUT2D eigenvalue weighted by Crippen LogP contribution is -2.51. The molecule has 2 aromatic carbocycles. The van der Waals surface area contributed by atoms with Gasteiger partial charge in [0.1, 0.15) is 5.75 Å². The molecule has 1 aliphatic heterocycles. The molecular weight excluding hydrogens is 400 g/mol. The van der Waals surface area contributed by atoms with E-state index in [0.29, 0.717) is 23.9 Å². The van der Waals surface area contributed by atoms with Crippen molar-refractivity contribution in [2.45, 2.75) is 18.2 Å². The quantitative estimate of drug-likeness (QED) is 0.717. The number of carbonyl (C=O) groups is 1. The normalized spacial score (nSPS) is 15.4. The Morgan fingerprint density at radius 1 is 1.07 bits per heavy atom. The second-order valence-corrected chi connectivity index (χ2v) is 8.84. The molecule has 1 amide bonds. The van der Waals surface area contributed by atoms with Crippen molar-refractivity contribution >= 4 is 27.5 Å². The number of amides is 1. The number of hydrogen-bond donors (Lipinski definition) is 0. The molecule has 1 fully saturated rings. The Bertz CT molecular complexity index is 926. The maximum Gasteiger partial charge on any atom is 0.260 e. The van der Waals surface area contributed by atoms with Crippen molar-refractivity contribution in [3.63, 3.8) is 0 Å². The Kier molecular flexibility index (Phi) is 6.59. The van der Waals surface area contributed by atoms with E-state index < -0.39 is 10.0 Å². The SMILES string of the molecule is CCc1cc(OCC(=O)N2CCN(S(=O)(=O)c3ccccc3)CC2)ccc1Cl. The van der Waals surface area contributed by atoms with Crippen LogP contribution < -0.4 is 4.74 Å². The fourth-order valence-corrected chi connectivity index (χ4v) is 4.76. The Hall–Kier alpha value is -2.09. The van der Waals surface area contributed by atoms with Crippen LogP contribution in [0.25, 0.3) is 0 Å². The Balaban J connectivity index is 1.54. The van der Waals surface area contributed by atoms with E-state index in [-0.39, 0.29) is 30.5 Å². The third-order valence-corrected chi connectivity index (χ3v) is 7.01. The summed E-state index contributed by atoms with van der Waals surface area (Å²) in [7, 11) is -3.53. The smallest absolute Gasteiger partial charge is 0.260 e. The average Bonchev–Trinajstić information content (AvgIpc) is 2.73. The zero-order valence-corrected chi connectivity index (χ0v) is 17.2. The van der Waals surface area contributed by atoms with Gasteiger partial charge in [-0.25, -0.2) is 8.42 Å². The molecule has 0 radical (unpaired) electrons. The number of nitrogens with zero attached hydrogens (tertiary/aromatic N) is 2. The Morgan fingerprint density at radius 3 is 2.39 bits per heavy atom. The number of carbonyl (C=O) groups excluding carboxylic acids is 1. The summed E-state index contributed by atoms with van der Waals surface area (Å²) in [6.07, 6.45) is 0.780. The van der Waals surface area contributed by atoms with E-state index in [0.717, 1.165) is 12.0 Å². The third-order valence-electron chi connectivity index (χ3n) is 4.73. The van der Waals surface area contributed by atoms with Gasteiger partial charge in [-0.15, -0.1) is 0 Å². The molecule has 0 atom stereocenters. The molecule has 0 aromatic heterocycles. The van der Waals surface area contributed by atoms with Crippen LogP contribution in [0.5, 0.6) is 5.75 Å². The zero-order chi connectivity index (χ0) is 20.1. The molecule has 0 unspecified atom stereocenters. The van der Waals surface area contributed by atoms with Crippen LogP contribution >= 0.6 is 11.6 Å². The van der Waals surface area contributed by atoms with Crippen LogP contribution in [0.2, 0.25) is 5.02 Å². The number of ether oxygens (including phenoxy) is 1. The Labute approximate surface area is 170 Å². The minimum Gasteiger partial charge on any atom is -0.484 e. The van der Waals surface area contributed by atoms with Gasteiger partial charge in [0.05, 0.1) is 4.90 Å². The zero-order valence-electron chi connectivity index (χ0n) is 15.7. The summed E-state index contributed by atoms with van der Waals surface area (Å²) in [5, 5.41) is 0.678. The van der Waals surface area contributed by atoms with Crippen LogP contribution in [0.15, 0.2) is 53.4 Å². The van der Waals surface area contributed by atoms with Crippen LogP contribution in [0.1, 0.15) is 12.5 Å². The van der Waals surface area contributed by atoms with Gasteiger partial charge in [0.25, 0.3) is 5.91 Å². The van der Waals surface area contributed by atoms with Gasteiger partial charge in [0.15, 0.2) is 6.61 Å². The predicted octanol–water partition coefficient (Wildman–Crippen LogP) is 2.81. The highest BCUT2D eigenvalue weighted by molar-refractivity contribution is 7.89. The first-order chi connectivity index (χ1) is 13.4. The van der Waals surface area contributed by atoms with E-state index in [4.69, 9.17) is 16.3 Å². The monoisotopic (exact) mass is 422 g/mol. The third kappa shape index (κ3) is 4.66. The van der Waals surface area contributed by atoms with Gasteiger partial charge in [-0.05, 0) is 42.3 Å². The number of benzene rings is 2. The minimum atomic E-state index is -3.53. The first kappa shape index (κ1) is 20.6. The fraction of sp³-hybridized carbons (Fsp3) is 0.350. The standard InChI is InChI=1S/C20H23ClN2O4S/c1-2-16-14-17(8-9-19(16)21)27-15-20(24)22-10-12-23(13-11-22)28(25,26)18-6-4-3-5-7-18/h3-9,14H,2,10-13,15H2,1H3. The van der Waals surface area contributed by atoms with E-state index in [1.165, 1.54) is 4.31 Å². The molecule has 1 aliphatic rings. The summed E-state index contributed by atoms with van der Waals surface area (Å²) < 4.78 is 32.3. The molecule has 0 N–H and O–H groups in total. The first-order valence-corrected chi connectivity index (χ1v) is 11.0. The number of aryl methyl sites for hydroxylation is 1. The summed E-state index contributed by atoms with van der Waals surface area (Å²) in [5.74, 6) is 0.435. The summed E-state index contributed by atoms with van der Waals surface area (Å²) >= 11 is 6.09. The van der Waals surface area contributed by atoms with Gasteiger partial charge in [-0.2, -0.15) is 4.31 Å². The number of hydrogen-bond acceptors (Lipinski definition) is 4. The molecule has 6 nitrogen and oxygen atoms in total. The van der Waals surface area contributed by atoms with E-state index >= 15 is 0 Å². The number of sulfonamides is 1. The minimum absolute atomic E-state index is 0.0871. The number of rotatable bonds is 6. The molecule has 3 rings (SSSR count). The summed E-state index contributed by atoms with van der Waals surface area (Å²) in [6.45, 7) is 3.13. The summed E-state index contributed by atoms with van der Waals surface area (Å²) in [6, 6.07) is 13.7. The maximum atomic E-state index is 12.6. The van der Waals surface area contributed by atoms with Crippen LogP contribution in [0.3, 0.4) is 0 Å². The van der Waals surface area contributed by atoms with Crippen molar-refractivity contribution in [1.82, 2.24) is 9.21 Å². The van der Waals surface area contributed by atoms with Gasteiger partial charge in [-0.3, -0.25) is 4.79 Å². The van der Waals surface area contributed by atoms with Crippen molar-refractivity contribution in [2.75, 3.05) is 32.8 Å². The topological polar surface area (TPSA) is 66.9 Å². The highest BCUT2D eigenvalue weighted by Crippen LogP contribution is 2.23. The van der Waals surface area contributed by atoms with E-state index in [1.807, 2.05) is 13.0 Å². The van der Waals surface area contributed by atoms with Gasteiger partial charge in [0.2, 0.25) is 10.0 Å². The van der Waals surface area contributed by atoms with Gasteiger partial charge in [0, 0.05) is 31.2 Å². The van der Waals surface area contributed by atoms with Crippen LogP contribution in [-0.4, -0.2) is 56.3 Å². The van der Waals surface area contributed by atoms with Gasteiger partial charge in [-0.1, -0.05) is 36.7 Å². The molecule has 2 aromatic rings. The number of halogens is 1. The lowest BCUT2D eigenvalue weighted by atomic mass is 10.1. The van der Waals surface area contributed by atoms with Crippen molar-refractivity contribution in [3.8, 4) is 5.75 Å². The molecule has 0 saturated carbocycles. The molecule has 0 spiro atoms. The van der Waals surface area contributed by atoms with Crippen LogP contribution in [-0.2, 0) is 21.2 Å². The summed E-state index contributed by atoms with van der Waals surface area (Å²) in [4.78, 5) is 14.3. The molecule has 150 valence electrons. The highest BCUT2D eigenvalue weighted by Gasteiger charge is 2.30. The maximum absolute atomic E-state index is 12.6. The average molecular weight is 423 g/mol. The van der Waals surface area contributed by atoms with Gasteiger partial charge < -0.3 is 9.64 Å². The molecule has 0 aliphatic carbocycles. The molecule has 28 heavy (non-hydrogen) atoms. The summed E-state index contributed by atoms with van der Waals surface area (Å²) in [5.41, 5.74) is 0.964. The second-order valence-electron chi connectivity index (χ2n) is 6.49. The highest BCUT2D eigenvalue weighted by atomic mass is 35.5. The number of piperazine rings is 1. The van der Waals surface area contributed by atoms with E-state index in [2.05, 4.69) is 0 Å².